The molecule has 2 heterocycles. The number of aromatic nitrogens is 2. The molecule has 13 rings (SSSR count). The molecule has 0 bridgehead atoms. The summed E-state index contributed by atoms with van der Waals surface area (Å²) in [5, 5.41) is 7.42. The van der Waals surface area contributed by atoms with E-state index in [9.17, 15) is 0 Å². The molecule has 0 atom stereocenters. The van der Waals surface area contributed by atoms with Crippen molar-refractivity contribution >= 4 is 71.8 Å². The van der Waals surface area contributed by atoms with Gasteiger partial charge >= 0.3 is 0 Å². The Labute approximate surface area is 394 Å². The highest BCUT2D eigenvalue weighted by Gasteiger charge is 2.24. The summed E-state index contributed by atoms with van der Waals surface area (Å²) < 4.78 is 4.70. The maximum absolute atomic E-state index is 5.30. The average Bonchev–Trinajstić information content (AvgIpc) is 4.06. The molecule has 0 radical (unpaired) electrons. The number of amidine groups is 1. The third kappa shape index (κ3) is 6.45. The van der Waals surface area contributed by atoms with E-state index in [4.69, 9.17) is 9.98 Å². The molecule has 0 saturated heterocycles. The van der Waals surface area contributed by atoms with Crippen LogP contribution in [0.25, 0.3) is 99.1 Å². The summed E-state index contributed by atoms with van der Waals surface area (Å²) in [5.74, 6) is 1.43. The second-order valence-corrected chi connectivity index (χ2v) is 17.8. The highest BCUT2D eigenvalue weighted by Crippen LogP contribution is 2.46. The Balaban J connectivity index is 0.940. The molecule has 12 aromatic rings. The molecular formula is C64H44N4. The third-order valence-corrected chi connectivity index (χ3v) is 13.9. The molecule has 1 aliphatic carbocycles. The van der Waals surface area contributed by atoms with Crippen LogP contribution in [0.5, 0.6) is 0 Å². The lowest BCUT2D eigenvalue weighted by molar-refractivity contribution is 1.18. The van der Waals surface area contributed by atoms with Crippen molar-refractivity contribution in [3.8, 4) is 39.1 Å². The van der Waals surface area contributed by atoms with Gasteiger partial charge in [-0.1, -0.05) is 183 Å². The Bertz CT molecular complexity index is 4060. The van der Waals surface area contributed by atoms with Crippen LogP contribution in [0, 0.1) is 0 Å². The first kappa shape index (κ1) is 39.5. The summed E-state index contributed by atoms with van der Waals surface area (Å²) in [6, 6.07) is 80.8. The molecule has 0 N–H and O–H groups in total. The van der Waals surface area contributed by atoms with E-state index in [0.29, 0.717) is 11.5 Å². The first-order valence-electron chi connectivity index (χ1n) is 23.3. The first-order valence-corrected chi connectivity index (χ1v) is 23.3. The molecular weight excluding hydrogens is 825 g/mol. The van der Waals surface area contributed by atoms with Crippen LogP contribution in [-0.2, 0) is 6.42 Å². The Morgan fingerprint density at radius 2 is 1.10 bits per heavy atom. The number of hydrogen-bond donors (Lipinski definition) is 0. The van der Waals surface area contributed by atoms with Crippen LogP contribution in [-0.4, -0.2) is 20.8 Å². The minimum atomic E-state index is 0.613. The molecule has 10 aromatic carbocycles. The topological polar surface area (TPSA) is 34.6 Å². The molecule has 1 aliphatic rings. The van der Waals surface area contributed by atoms with E-state index >= 15 is 0 Å². The quantitative estimate of drug-likeness (QED) is 0.118. The van der Waals surface area contributed by atoms with Gasteiger partial charge in [0.15, 0.2) is 5.84 Å². The van der Waals surface area contributed by atoms with Crippen molar-refractivity contribution in [1.29, 1.82) is 0 Å². The fourth-order valence-corrected chi connectivity index (χ4v) is 10.7. The van der Waals surface area contributed by atoms with Gasteiger partial charge in [0.05, 0.1) is 27.8 Å². The van der Waals surface area contributed by atoms with Crippen molar-refractivity contribution in [3.63, 3.8) is 0 Å². The summed E-state index contributed by atoms with van der Waals surface area (Å²) >= 11 is 0. The van der Waals surface area contributed by atoms with Crippen LogP contribution in [0.1, 0.15) is 29.2 Å². The van der Waals surface area contributed by atoms with Gasteiger partial charge in [-0.05, 0) is 123 Å². The first-order chi connectivity index (χ1) is 33.6. The number of fused-ring (bicyclic) bond motifs is 11. The van der Waals surface area contributed by atoms with E-state index in [2.05, 4.69) is 199 Å². The fraction of sp³-hybridized carbons (Fsp3) is 0.0312. The highest BCUT2D eigenvalue weighted by molar-refractivity contribution is 6.22. The smallest absolute Gasteiger partial charge is 0.161 e. The molecule has 0 unspecified atom stereocenters. The molecule has 0 saturated carbocycles. The van der Waals surface area contributed by atoms with E-state index in [1.54, 1.807) is 0 Å². The van der Waals surface area contributed by atoms with Gasteiger partial charge in [-0.3, -0.25) is 4.57 Å². The second-order valence-electron chi connectivity index (χ2n) is 17.8. The number of aliphatic imine (C=N–C) groups is 2. The number of rotatable bonds is 6. The van der Waals surface area contributed by atoms with Gasteiger partial charge in [-0.15, -0.1) is 0 Å². The van der Waals surface area contributed by atoms with Crippen LogP contribution < -0.4 is 0 Å². The molecule has 320 valence electrons. The van der Waals surface area contributed by atoms with E-state index in [1.165, 1.54) is 82.3 Å². The summed E-state index contributed by atoms with van der Waals surface area (Å²) in [7, 11) is 0. The molecule has 4 nitrogen and oxygen atoms in total. The maximum atomic E-state index is 5.30. The largest absolute Gasteiger partial charge is 0.309 e. The minimum Gasteiger partial charge on any atom is -0.309 e. The zero-order valence-electron chi connectivity index (χ0n) is 37.6. The predicted octanol–water partition coefficient (Wildman–Crippen LogP) is 16.3. The fourth-order valence-electron chi connectivity index (χ4n) is 10.7. The summed E-state index contributed by atoms with van der Waals surface area (Å²) in [6.45, 7) is 6.42. The SMILES string of the molecule is C=C(/N=C(\N=C(/C)n1c2ccccc2c2ccc(-c3ccc4c(c3)-c3c(cccc3-c3ccc5c(c3)c3c6ccccc6ccc3n5-c3ccccc3)C4)cc21)c1ccccc1)c1ccccc1. The molecule has 68 heavy (non-hydrogen) atoms. The van der Waals surface area contributed by atoms with Gasteiger partial charge in [-0.2, -0.15) is 0 Å². The maximum Gasteiger partial charge on any atom is 0.161 e. The van der Waals surface area contributed by atoms with Crippen molar-refractivity contribution in [2.24, 2.45) is 9.98 Å². The van der Waals surface area contributed by atoms with Crippen molar-refractivity contribution in [2.45, 2.75) is 13.3 Å². The van der Waals surface area contributed by atoms with Gasteiger partial charge < -0.3 is 4.57 Å². The normalized spacial score (nSPS) is 12.7. The highest BCUT2D eigenvalue weighted by atomic mass is 15.1. The molecule has 4 heteroatoms. The van der Waals surface area contributed by atoms with Crippen molar-refractivity contribution < 1.29 is 0 Å². The number of para-hydroxylation sites is 2. The lowest BCUT2D eigenvalue weighted by Crippen LogP contribution is -2.11. The van der Waals surface area contributed by atoms with Crippen LogP contribution >= 0.6 is 0 Å². The predicted molar refractivity (Wildman–Crippen MR) is 287 cm³/mol. The molecule has 0 spiro atoms. The zero-order chi connectivity index (χ0) is 45.3. The van der Waals surface area contributed by atoms with E-state index < -0.39 is 0 Å². The van der Waals surface area contributed by atoms with Crippen LogP contribution in [0.4, 0.5) is 0 Å². The van der Waals surface area contributed by atoms with E-state index in [-0.39, 0.29) is 0 Å². The third-order valence-electron chi connectivity index (χ3n) is 13.9. The Morgan fingerprint density at radius 1 is 0.441 bits per heavy atom. The van der Waals surface area contributed by atoms with Crippen LogP contribution in [0.2, 0.25) is 0 Å². The Kier molecular flexibility index (Phi) is 9.26. The number of nitrogens with zero attached hydrogens (tertiary/aromatic N) is 4. The van der Waals surface area contributed by atoms with Crippen LogP contribution in [0.15, 0.2) is 241 Å². The molecule has 0 aliphatic heterocycles. The van der Waals surface area contributed by atoms with Gasteiger partial charge in [0, 0.05) is 32.8 Å². The summed E-state index contributed by atoms with van der Waals surface area (Å²) in [4.78, 5) is 10.3. The summed E-state index contributed by atoms with van der Waals surface area (Å²) in [5.41, 5.74) is 18.5. The van der Waals surface area contributed by atoms with Crippen molar-refractivity contribution in [1.82, 2.24) is 9.13 Å². The molecule has 2 aromatic heterocycles. The van der Waals surface area contributed by atoms with Crippen LogP contribution in [0.3, 0.4) is 0 Å². The lowest BCUT2D eigenvalue weighted by Gasteiger charge is -2.13. The Hall–Kier alpha value is -8.86. The molecule has 0 fully saturated rings. The van der Waals surface area contributed by atoms with Gasteiger partial charge in [0.1, 0.15) is 5.84 Å². The standard InChI is InChI=1S/C64H44N4/c1-41(43-17-6-3-7-18-43)65-64(45-20-8-4-9-21-45)66-42(2)67-58-28-15-14-26-54(58)55-34-31-47(40-61(55)67)46-29-30-48-37-50-22-16-27-53(62(50)56(48)38-46)49-33-35-59-57(39-49)63-52-25-13-12-19-44(52)32-36-60(63)68(59)51-23-10-5-11-24-51/h3-36,38-40H,1,37H2,2H3/b65-64-,66-42+. The number of benzene rings is 10. The number of hydrogen-bond acceptors (Lipinski definition) is 1. The summed E-state index contributed by atoms with van der Waals surface area (Å²) in [6.07, 6.45) is 0.907. The minimum absolute atomic E-state index is 0.613. The monoisotopic (exact) mass is 868 g/mol. The second kappa shape index (κ2) is 15.9. The zero-order valence-corrected chi connectivity index (χ0v) is 37.6. The van der Waals surface area contributed by atoms with Crippen molar-refractivity contribution in [3.05, 3.63) is 253 Å². The Morgan fingerprint density at radius 3 is 1.93 bits per heavy atom. The van der Waals surface area contributed by atoms with Gasteiger partial charge in [0.25, 0.3) is 0 Å². The average molecular weight is 869 g/mol. The lowest BCUT2D eigenvalue weighted by atomic mass is 9.91. The van der Waals surface area contributed by atoms with Gasteiger partial charge in [0.2, 0.25) is 0 Å². The van der Waals surface area contributed by atoms with Gasteiger partial charge in [-0.25, -0.2) is 9.98 Å². The van der Waals surface area contributed by atoms with Crippen molar-refractivity contribution in [2.75, 3.05) is 0 Å². The van der Waals surface area contributed by atoms with E-state index in [1.807, 2.05) is 48.5 Å². The van der Waals surface area contributed by atoms with E-state index in [0.717, 1.165) is 45.7 Å². The molecule has 0 amide bonds.